The van der Waals surface area contributed by atoms with Gasteiger partial charge in [-0.15, -0.1) is 0 Å². The molecule has 1 aliphatic heterocycles. The third-order valence-electron chi connectivity index (χ3n) is 5.84. The number of hydrogen-bond acceptors (Lipinski definition) is 4. The van der Waals surface area contributed by atoms with Gasteiger partial charge in [-0.25, -0.2) is 0 Å². The van der Waals surface area contributed by atoms with Crippen LogP contribution < -0.4 is 10.2 Å². The second-order valence-electron chi connectivity index (χ2n) is 7.85. The van der Waals surface area contributed by atoms with Gasteiger partial charge in [-0.3, -0.25) is 9.59 Å². The molecule has 1 N–H and O–H groups in total. The number of anilines is 1. The summed E-state index contributed by atoms with van der Waals surface area (Å²) in [5.41, 5.74) is 4.78. The molecule has 6 nitrogen and oxygen atoms in total. The number of aryl methyl sites for hydroxylation is 3. The van der Waals surface area contributed by atoms with Crippen molar-refractivity contribution in [3.63, 3.8) is 0 Å². The number of nitrogens with zero attached hydrogens (tertiary/aromatic N) is 2. The lowest BCUT2D eigenvalue weighted by atomic mass is 10.0. The Kier molecular flexibility index (Phi) is 5.48. The Morgan fingerprint density at radius 3 is 2.27 bits per heavy atom. The number of benzene rings is 2. The molecule has 0 saturated carbocycles. The van der Waals surface area contributed by atoms with E-state index >= 15 is 0 Å². The van der Waals surface area contributed by atoms with Gasteiger partial charge in [-0.1, -0.05) is 30.3 Å². The zero-order valence-corrected chi connectivity index (χ0v) is 17.7. The van der Waals surface area contributed by atoms with E-state index in [1.807, 2.05) is 51.1 Å². The molecule has 0 atom stereocenters. The van der Waals surface area contributed by atoms with Crippen molar-refractivity contribution in [2.24, 2.45) is 0 Å². The minimum absolute atomic E-state index is 0.0291. The summed E-state index contributed by atoms with van der Waals surface area (Å²) in [7, 11) is 0. The van der Waals surface area contributed by atoms with Crippen molar-refractivity contribution in [2.45, 2.75) is 20.8 Å². The lowest BCUT2D eigenvalue weighted by molar-refractivity contribution is -0.130. The molecule has 3 aromatic rings. The van der Waals surface area contributed by atoms with Crippen molar-refractivity contribution in [2.75, 3.05) is 37.6 Å². The molecule has 0 unspecified atom stereocenters. The highest BCUT2D eigenvalue weighted by Crippen LogP contribution is 2.30. The predicted molar refractivity (Wildman–Crippen MR) is 118 cm³/mol. The van der Waals surface area contributed by atoms with E-state index in [4.69, 9.17) is 4.42 Å². The van der Waals surface area contributed by atoms with E-state index in [2.05, 4.69) is 22.3 Å². The molecule has 156 valence electrons. The van der Waals surface area contributed by atoms with Crippen molar-refractivity contribution < 1.29 is 14.0 Å². The molecule has 1 aliphatic rings. The summed E-state index contributed by atoms with van der Waals surface area (Å²) in [6.45, 7) is 8.68. The molecule has 6 heteroatoms. The van der Waals surface area contributed by atoms with E-state index in [0.717, 1.165) is 40.7 Å². The Bertz CT molecular complexity index is 1080. The lowest BCUT2D eigenvalue weighted by Crippen LogP contribution is -2.51. The summed E-state index contributed by atoms with van der Waals surface area (Å²) >= 11 is 0. The Hall–Kier alpha value is -3.28. The summed E-state index contributed by atoms with van der Waals surface area (Å²) in [4.78, 5) is 29.4. The van der Waals surface area contributed by atoms with Crippen LogP contribution in [0.15, 0.2) is 46.9 Å². The number of furan rings is 1. The Balaban J connectivity index is 1.36. The van der Waals surface area contributed by atoms with Gasteiger partial charge in [0.1, 0.15) is 5.58 Å². The SMILES string of the molecule is Cc1ccc(C)c2c(C)c(C(=O)NCC(=O)N3CCN(c4ccccc4)CC3)oc12. The molecule has 0 bridgehead atoms. The number of para-hydroxylation sites is 1. The van der Waals surface area contributed by atoms with Crippen LogP contribution in [-0.4, -0.2) is 49.4 Å². The van der Waals surface area contributed by atoms with Crippen LogP contribution in [-0.2, 0) is 4.79 Å². The second kappa shape index (κ2) is 8.22. The minimum Gasteiger partial charge on any atom is -0.450 e. The number of nitrogens with one attached hydrogen (secondary N) is 1. The summed E-state index contributed by atoms with van der Waals surface area (Å²) in [5, 5.41) is 3.72. The largest absolute Gasteiger partial charge is 0.450 e. The molecule has 0 radical (unpaired) electrons. The van der Waals surface area contributed by atoms with Crippen molar-refractivity contribution in [1.29, 1.82) is 0 Å². The van der Waals surface area contributed by atoms with E-state index in [0.29, 0.717) is 13.1 Å². The van der Waals surface area contributed by atoms with Gasteiger partial charge < -0.3 is 19.5 Å². The topological polar surface area (TPSA) is 65.8 Å². The van der Waals surface area contributed by atoms with Gasteiger partial charge >= 0.3 is 0 Å². The third-order valence-corrected chi connectivity index (χ3v) is 5.84. The number of carbonyl (C=O) groups is 2. The molecule has 2 aromatic carbocycles. The van der Waals surface area contributed by atoms with Crippen molar-refractivity contribution in [3.8, 4) is 0 Å². The number of hydrogen-bond donors (Lipinski definition) is 1. The van der Waals surface area contributed by atoms with E-state index in [-0.39, 0.29) is 24.1 Å². The number of carbonyl (C=O) groups excluding carboxylic acids is 2. The fourth-order valence-corrected chi connectivity index (χ4v) is 4.09. The first-order valence-electron chi connectivity index (χ1n) is 10.3. The van der Waals surface area contributed by atoms with Crippen LogP contribution >= 0.6 is 0 Å². The van der Waals surface area contributed by atoms with Crippen LogP contribution in [0.1, 0.15) is 27.2 Å². The molecule has 1 aromatic heterocycles. The molecule has 0 aliphatic carbocycles. The number of rotatable bonds is 4. The van der Waals surface area contributed by atoms with Gasteiger partial charge in [0.05, 0.1) is 6.54 Å². The number of piperazine rings is 1. The molecule has 4 rings (SSSR count). The highest BCUT2D eigenvalue weighted by Gasteiger charge is 2.24. The zero-order valence-electron chi connectivity index (χ0n) is 17.7. The molecule has 30 heavy (non-hydrogen) atoms. The standard InChI is InChI=1S/C24H27N3O3/c1-16-9-10-17(2)22-21(16)18(3)23(30-22)24(29)25-15-20(28)27-13-11-26(12-14-27)19-7-5-4-6-8-19/h4-10H,11-15H2,1-3H3,(H,25,29). The third kappa shape index (κ3) is 3.77. The van der Waals surface area contributed by atoms with Crippen LogP contribution in [0.25, 0.3) is 11.0 Å². The highest BCUT2D eigenvalue weighted by atomic mass is 16.3. The molecule has 1 fully saturated rings. The lowest BCUT2D eigenvalue weighted by Gasteiger charge is -2.36. The average molecular weight is 405 g/mol. The van der Waals surface area contributed by atoms with Crippen LogP contribution in [0.2, 0.25) is 0 Å². The maximum atomic E-state index is 12.7. The molecule has 1 saturated heterocycles. The fraction of sp³-hybridized carbons (Fsp3) is 0.333. The summed E-state index contributed by atoms with van der Waals surface area (Å²) < 4.78 is 5.87. The number of fused-ring (bicyclic) bond motifs is 1. The second-order valence-corrected chi connectivity index (χ2v) is 7.85. The summed E-state index contributed by atoms with van der Waals surface area (Å²) in [5.74, 6) is -0.139. The van der Waals surface area contributed by atoms with Crippen LogP contribution in [0.5, 0.6) is 0 Å². The first-order chi connectivity index (χ1) is 14.5. The summed E-state index contributed by atoms with van der Waals surface area (Å²) in [6.07, 6.45) is 0. The van der Waals surface area contributed by atoms with E-state index < -0.39 is 0 Å². The van der Waals surface area contributed by atoms with E-state index in [9.17, 15) is 9.59 Å². The van der Waals surface area contributed by atoms with Crippen LogP contribution in [0.3, 0.4) is 0 Å². The molecule has 0 spiro atoms. The monoisotopic (exact) mass is 405 g/mol. The Morgan fingerprint density at radius 1 is 0.933 bits per heavy atom. The predicted octanol–water partition coefficient (Wildman–Crippen LogP) is 3.44. The Morgan fingerprint density at radius 2 is 1.60 bits per heavy atom. The van der Waals surface area contributed by atoms with Crippen molar-refractivity contribution in [3.05, 3.63) is 64.9 Å². The van der Waals surface area contributed by atoms with Gasteiger partial charge in [0.2, 0.25) is 5.91 Å². The molecule has 2 amide bonds. The zero-order chi connectivity index (χ0) is 21.3. The summed E-state index contributed by atoms with van der Waals surface area (Å²) in [6, 6.07) is 14.2. The van der Waals surface area contributed by atoms with Gasteiger partial charge in [0.25, 0.3) is 5.91 Å². The van der Waals surface area contributed by atoms with Crippen LogP contribution in [0, 0.1) is 20.8 Å². The maximum absolute atomic E-state index is 12.7. The average Bonchev–Trinajstić information content (AvgIpc) is 3.14. The van der Waals surface area contributed by atoms with E-state index in [1.165, 1.54) is 5.69 Å². The normalized spacial score (nSPS) is 14.2. The van der Waals surface area contributed by atoms with Crippen molar-refractivity contribution in [1.82, 2.24) is 10.2 Å². The van der Waals surface area contributed by atoms with Gasteiger partial charge in [-0.05, 0) is 44.0 Å². The van der Waals surface area contributed by atoms with Gasteiger partial charge in [-0.2, -0.15) is 0 Å². The quantitative estimate of drug-likeness (QED) is 0.722. The number of amides is 2. The van der Waals surface area contributed by atoms with Crippen molar-refractivity contribution >= 4 is 28.5 Å². The first kappa shape index (κ1) is 20.0. The van der Waals surface area contributed by atoms with Gasteiger partial charge in [0.15, 0.2) is 5.76 Å². The minimum atomic E-state index is -0.348. The fourth-order valence-electron chi connectivity index (χ4n) is 4.09. The maximum Gasteiger partial charge on any atom is 0.287 e. The van der Waals surface area contributed by atoms with E-state index in [1.54, 1.807) is 4.90 Å². The van der Waals surface area contributed by atoms with Gasteiger partial charge in [0, 0.05) is 42.8 Å². The highest BCUT2D eigenvalue weighted by molar-refractivity contribution is 6.01. The smallest absolute Gasteiger partial charge is 0.287 e. The van der Waals surface area contributed by atoms with Crippen LogP contribution in [0.4, 0.5) is 5.69 Å². The molecular formula is C24H27N3O3. The first-order valence-corrected chi connectivity index (χ1v) is 10.3. The molecule has 2 heterocycles. The molecular weight excluding hydrogens is 378 g/mol. The Labute approximate surface area is 176 Å².